The average molecular weight is 445 g/mol. The van der Waals surface area contributed by atoms with Gasteiger partial charge in [-0.1, -0.05) is 11.6 Å². The highest BCUT2D eigenvalue weighted by molar-refractivity contribution is 7.93. The number of rotatable bonds is 6. The number of nitrogens with zero attached hydrogens (tertiary/aromatic N) is 2. The van der Waals surface area contributed by atoms with Gasteiger partial charge in [-0.3, -0.25) is 4.72 Å². The first-order valence-electron chi connectivity index (χ1n) is 9.09. The van der Waals surface area contributed by atoms with E-state index in [0.29, 0.717) is 11.7 Å². The molecule has 0 spiro atoms. The number of sulfonamides is 1. The topological polar surface area (TPSA) is 74.3 Å². The van der Waals surface area contributed by atoms with Crippen LogP contribution in [0.1, 0.15) is 19.3 Å². The Kier molecular flexibility index (Phi) is 5.28. The maximum Gasteiger partial charge on any atom is 0.266 e. The highest BCUT2D eigenvalue weighted by Gasteiger charge is 2.47. The molecule has 2 N–H and O–H groups in total. The third kappa shape index (κ3) is 3.98. The number of likely N-dealkylation sites (N-methyl/N-ethyl adjacent to an activating group) is 1. The second-order valence-electron chi connectivity index (χ2n) is 7.71. The molecule has 2 aromatic rings. The molecule has 2 aliphatic carbocycles. The average Bonchev–Trinajstić information content (AvgIpc) is 3.20. The van der Waals surface area contributed by atoms with E-state index < -0.39 is 20.7 Å². The number of hydrogen-bond acceptors (Lipinski definition) is 6. The highest BCUT2D eigenvalue weighted by atomic mass is 35.5. The number of fused-ring (bicyclic) bond motifs is 1. The predicted molar refractivity (Wildman–Crippen MR) is 110 cm³/mol. The lowest BCUT2D eigenvalue weighted by Gasteiger charge is -2.37. The first kappa shape index (κ1) is 19.9. The van der Waals surface area contributed by atoms with Gasteiger partial charge in [0, 0.05) is 23.7 Å². The fourth-order valence-electron chi connectivity index (χ4n) is 4.06. The number of aromatic nitrogens is 1. The molecule has 6 nitrogen and oxygen atoms in total. The van der Waals surface area contributed by atoms with E-state index >= 15 is 0 Å². The van der Waals surface area contributed by atoms with E-state index in [9.17, 15) is 12.8 Å². The lowest BCUT2D eigenvalue weighted by Crippen LogP contribution is -2.46. The number of hydrogen-bond donors (Lipinski definition) is 2. The van der Waals surface area contributed by atoms with E-state index in [1.54, 1.807) is 5.38 Å². The fraction of sp³-hybridized carbons (Fsp3) is 0.500. The highest BCUT2D eigenvalue weighted by Crippen LogP contribution is 2.51. The SMILES string of the molecule is CN(C)[C@H]1C[C@@H]2C[C@@H]2C[C@@H]1Nc1cc(F)c(S(=O)(=O)Nc2nccs2)cc1Cl. The van der Waals surface area contributed by atoms with Gasteiger partial charge in [0.05, 0.1) is 10.7 Å². The van der Waals surface area contributed by atoms with Crippen LogP contribution in [0, 0.1) is 17.7 Å². The van der Waals surface area contributed by atoms with Gasteiger partial charge in [-0.05, 0) is 57.3 Å². The normalized spacial score (nSPS) is 26.8. The summed E-state index contributed by atoms with van der Waals surface area (Å²) < 4.78 is 42.0. The van der Waals surface area contributed by atoms with Gasteiger partial charge < -0.3 is 10.2 Å². The molecule has 1 heterocycles. The lowest BCUT2D eigenvalue weighted by molar-refractivity contribution is 0.204. The molecule has 28 heavy (non-hydrogen) atoms. The van der Waals surface area contributed by atoms with Crippen molar-refractivity contribution in [1.82, 2.24) is 9.88 Å². The van der Waals surface area contributed by atoms with E-state index in [2.05, 4.69) is 19.9 Å². The Balaban J connectivity index is 1.57. The van der Waals surface area contributed by atoms with Crippen LogP contribution in [0.15, 0.2) is 28.6 Å². The number of anilines is 2. The third-order valence-electron chi connectivity index (χ3n) is 5.60. The molecule has 152 valence electrons. The van der Waals surface area contributed by atoms with Crippen LogP contribution in [-0.2, 0) is 10.0 Å². The van der Waals surface area contributed by atoms with Crippen molar-refractivity contribution in [3.63, 3.8) is 0 Å². The molecular formula is C18H22ClFN4O2S2. The van der Waals surface area contributed by atoms with E-state index in [-0.39, 0.29) is 16.2 Å². The van der Waals surface area contributed by atoms with Crippen molar-refractivity contribution in [2.45, 2.75) is 36.2 Å². The minimum Gasteiger partial charge on any atom is -0.379 e. The van der Waals surface area contributed by atoms with Crippen LogP contribution >= 0.6 is 22.9 Å². The summed E-state index contributed by atoms with van der Waals surface area (Å²) >= 11 is 7.45. The molecule has 0 saturated heterocycles. The molecule has 1 aromatic heterocycles. The zero-order valence-electron chi connectivity index (χ0n) is 15.5. The molecule has 0 radical (unpaired) electrons. The van der Waals surface area contributed by atoms with Crippen molar-refractivity contribution in [3.8, 4) is 0 Å². The van der Waals surface area contributed by atoms with E-state index in [0.717, 1.165) is 42.1 Å². The Morgan fingerprint density at radius 3 is 2.68 bits per heavy atom. The minimum absolute atomic E-state index is 0.145. The summed E-state index contributed by atoms with van der Waals surface area (Å²) in [6.07, 6.45) is 4.84. The smallest absolute Gasteiger partial charge is 0.266 e. The van der Waals surface area contributed by atoms with Gasteiger partial charge in [0.25, 0.3) is 10.0 Å². The van der Waals surface area contributed by atoms with Crippen molar-refractivity contribution in [2.24, 2.45) is 11.8 Å². The molecule has 4 atom stereocenters. The molecule has 2 fully saturated rings. The molecule has 4 rings (SSSR count). The van der Waals surface area contributed by atoms with Gasteiger partial charge in [-0.2, -0.15) is 0 Å². The monoisotopic (exact) mass is 444 g/mol. The Morgan fingerprint density at radius 1 is 1.25 bits per heavy atom. The zero-order chi connectivity index (χ0) is 20.1. The molecule has 0 bridgehead atoms. The summed E-state index contributed by atoms with van der Waals surface area (Å²) in [7, 11) is -0.0184. The molecular weight excluding hydrogens is 423 g/mol. The van der Waals surface area contributed by atoms with Crippen molar-refractivity contribution < 1.29 is 12.8 Å². The summed E-state index contributed by atoms with van der Waals surface area (Å²) in [5.74, 6) is 0.666. The van der Waals surface area contributed by atoms with Crippen molar-refractivity contribution in [1.29, 1.82) is 0 Å². The zero-order valence-corrected chi connectivity index (χ0v) is 17.9. The Labute approximate surface area is 173 Å². The van der Waals surface area contributed by atoms with Crippen LogP contribution in [0.3, 0.4) is 0 Å². The van der Waals surface area contributed by atoms with E-state index in [1.807, 2.05) is 14.1 Å². The molecule has 10 heteroatoms. The summed E-state index contributed by atoms with van der Waals surface area (Å²) in [6, 6.07) is 2.80. The molecule has 0 unspecified atom stereocenters. The predicted octanol–water partition coefficient (Wildman–Crippen LogP) is 3.88. The van der Waals surface area contributed by atoms with Crippen molar-refractivity contribution in [2.75, 3.05) is 24.1 Å². The van der Waals surface area contributed by atoms with Crippen LogP contribution in [0.5, 0.6) is 0 Å². The van der Waals surface area contributed by atoms with Crippen molar-refractivity contribution >= 4 is 43.8 Å². The van der Waals surface area contributed by atoms with E-state index in [4.69, 9.17) is 11.6 Å². The second kappa shape index (κ2) is 7.44. The first-order valence-corrected chi connectivity index (χ1v) is 11.8. The third-order valence-corrected chi connectivity index (χ3v) is 8.09. The number of nitrogens with one attached hydrogen (secondary N) is 2. The standard InChI is InChI=1S/C18H22ClFN4O2S2/c1-24(2)16-7-11-5-10(11)6-15(16)22-14-9-13(20)17(8-12(14)19)28(25,26)23-18-21-3-4-27-18/h3-4,8-11,15-16,22H,5-7H2,1-2H3,(H,21,23)/t10-,11+,15+,16+/m1/s1. The Morgan fingerprint density at radius 2 is 2.00 bits per heavy atom. The second-order valence-corrected chi connectivity index (χ2v) is 10.7. The largest absolute Gasteiger partial charge is 0.379 e. The van der Waals surface area contributed by atoms with Gasteiger partial charge in [0.1, 0.15) is 10.7 Å². The quantitative estimate of drug-likeness (QED) is 0.707. The van der Waals surface area contributed by atoms with Crippen LogP contribution in [0.25, 0.3) is 0 Å². The maximum atomic E-state index is 14.7. The summed E-state index contributed by atoms with van der Waals surface area (Å²) in [6.45, 7) is 0. The number of thiazole rings is 1. The lowest BCUT2D eigenvalue weighted by atomic mass is 9.89. The maximum absolute atomic E-state index is 14.7. The summed E-state index contributed by atoms with van der Waals surface area (Å²) in [5.41, 5.74) is 0.420. The van der Waals surface area contributed by atoms with Crippen LogP contribution in [0.4, 0.5) is 15.2 Å². The number of halogens is 2. The van der Waals surface area contributed by atoms with Gasteiger partial charge in [-0.25, -0.2) is 17.8 Å². The molecule has 0 amide bonds. The van der Waals surface area contributed by atoms with Gasteiger partial charge >= 0.3 is 0 Å². The van der Waals surface area contributed by atoms with Gasteiger partial charge in [0.2, 0.25) is 0 Å². The Hall–Kier alpha value is -1.42. The number of benzene rings is 1. The summed E-state index contributed by atoms with van der Waals surface area (Å²) in [4.78, 5) is 5.56. The van der Waals surface area contributed by atoms with Crippen LogP contribution in [-0.4, -0.2) is 44.5 Å². The Bertz CT molecular complexity index is 968. The molecule has 0 aliphatic heterocycles. The summed E-state index contributed by atoms with van der Waals surface area (Å²) in [5, 5.41) is 5.34. The molecule has 1 aromatic carbocycles. The fourth-order valence-corrected chi connectivity index (χ4v) is 6.22. The van der Waals surface area contributed by atoms with Gasteiger partial charge in [0.15, 0.2) is 5.13 Å². The van der Waals surface area contributed by atoms with E-state index in [1.165, 1.54) is 18.7 Å². The minimum atomic E-state index is -4.11. The van der Waals surface area contributed by atoms with Gasteiger partial charge in [-0.15, -0.1) is 11.3 Å². The van der Waals surface area contributed by atoms with Crippen LogP contribution in [0.2, 0.25) is 5.02 Å². The molecule has 2 saturated carbocycles. The van der Waals surface area contributed by atoms with Crippen molar-refractivity contribution in [3.05, 3.63) is 34.5 Å². The first-order chi connectivity index (χ1) is 13.2. The molecule has 2 aliphatic rings. The van der Waals surface area contributed by atoms with Crippen LogP contribution < -0.4 is 10.0 Å².